The third kappa shape index (κ3) is 4.11. The van der Waals surface area contributed by atoms with Crippen LogP contribution in [0.3, 0.4) is 0 Å². The summed E-state index contributed by atoms with van der Waals surface area (Å²) >= 11 is 4.21. The minimum absolute atomic E-state index is 0.0262. The summed E-state index contributed by atoms with van der Waals surface area (Å²) in [5.41, 5.74) is 0.683. The number of fused-ring (bicyclic) bond motifs is 1. The maximum Gasteiger partial charge on any atom is 0.199 e. The fourth-order valence-corrected chi connectivity index (χ4v) is 5.18. The molecule has 7 heteroatoms. The monoisotopic (exact) mass is 386 g/mol. The first-order chi connectivity index (χ1) is 9.32. The van der Waals surface area contributed by atoms with Gasteiger partial charge < -0.3 is 0 Å². The third-order valence-electron chi connectivity index (χ3n) is 2.44. The Labute approximate surface area is 132 Å². The Bertz CT molecular complexity index is 564. The van der Waals surface area contributed by atoms with Gasteiger partial charge in [0.2, 0.25) is 0 Å². The molecule has 20 heavy (non-hydrogen) atoms. The fraction of sp³-hybridized carbons (Fsp3) is 0.615. The molecule has 3 nitrogen and oxygen atoms in total. The zero-order valence-electron chi connectivity index (χ0n) is 12.3. The highest BCUT2D eigenvalue weighted by atomic mass is 79.9. The van der Waals surface area contributed by atoms with Crippen LogP contribution in [0.1, 0.15) is 50.0 Å². The lowest BCUT2D eigenvalue weighted by Crippen LogP contribution is -2.24. The standard InChI is InChI=1S/C9H8BrFO3S2.2C2H6/c1-16(13,14)9-6-4(8(10)15-9)2-3-5(11)7(6)12;2*1-2/h5H,2-3H2,1H3;2*1-2H3. The van der Waals surface area contributed by atoms with E-state index >= 15 is 0 Å². The topological polar surface area (TPSA) is 51.2 Å². The van der Waals surface area contributed by atoms with Crippen LogP contribution in [-0.4, -0.2) is 26.6 Å². The van der Waals surface area contributed by atoms with Crippen molar-refractivity contribution >= 4 is 42.9 Å². The molecular formula is C13H20BrFO3S2. The van der Waals surface area contributed by atoms with E-state index in [4.69, 9.17) is 0 Å². The molecule has 0 aromatic carbocycles. The van der Waals surface area contributed by atoms with Crippen LogP contribution in [-0.2, 0) is 16.3 Å². The number of rotatable bonds is 1. The van der Waals surface area contributed by atoms with Crippen molar-refractivity contribution in [2.24, 2.45) is 0 Å². The van der Waals surface area contributed by atoms with Crippen LogP contribution in [0.25, 0.3) is 0 Å². The Morgan fingerprint density at radius 2 is 1.75 bits per heavy atom. The average molecular weight is 387 g/mol. The van der Waals surface area contributed by atoms with Gasteiger partial charge in [-0.1, -0.05) is 27.7 Å². The zero-order chi connectivity index (χ0) is 16.1. The van der Waals surface area contributed by atoms with Gasteiger partial charge in [0.15, 0.2) is 21.8 Å². The quantitative estimate of drug-likeness (QED) is 0.716. The molecule has 0 saturated heterocycles. The summed E-state index contributed by atoms with van der Waals surface area (Å²) in [6, 6.07) is 0. The van der Waals surface area contributed by atoms with Crippen LogP contribution in [0, 0.1) is 0 Å². The van der Waals surface area contributed by atoms with E-state index < -0.39 is 21.8 Å². The Kier molecular flexibility index (Phi) is 8.13. The molecule has 1 aromatic heterocycles. The lowest BCUT2D eigenvalue weighted by molar-refractivity contribution is 0.0853. The van der Waals surface area contributed by atoms with Gasteiger partial charge in [0.25, 0.3) is 0 Å². The van der Waals surface area contributed by atoms with Gasteiger partial charge in [-0.3, -0.25) is 4.79 Å². The van der Waals surface area contributed by atoms with Crippen molar-refractivity contribution in [1.82, 2.24) is 0 Å². The van der Waals surface area contributed by atoms with Crippen molar-refractivity contribution in [3.05, 3.63) is 14.9 Å². The van der Waals surface area contributed by atoms with E-state index in [1.165, 1.54) is 0 Å². The average Bonchev–Trinajstić information content (AvgIpc) is 2.77. The smallest absolute Gasteiger partial charge is 0.199 e. The summed E-state index contributed by atoms with van der Waals surface area (Å²) in [4.78, 5) is 11.6. The SMILES string of the molecule is CC.CC.CS(=O)(=O)c1sc(Br)c2c1C(=O)C(F)CC2. The second kappa shape index (κ2) is 8.24. The van der Waals surface area contributed by atoms with E-state index in [9.17, 15) is 17.6 Å². The number of halogens is 2. The normalized spacial score (nSPS) is 17.4. The van der Waals surface area contributed by atoms with Gasteiger partial charge in [0.1, 0.15) is 4.21 Å². The van der Waals surface area contributed by atoms with Crippen LogP contribution in [0.5, 0.6) is 0 Å². The van der Waals surface area contributed by atoms with E-state index in [-0.39, 0.29) is 16.2 Å². The molecule has 1 aromatic rings. The molecule has 0 radical (unpaired) electrons. The Balaban J connectivity index is 0.000000829. The second-order valence-corrected chi connectivity index (χ2v) is 8.21. The van der Waals surface area contributed by atoms with E-state index in [0.29, 0.717) is 15.8 Å². The van der Waals surface area contributed by atoms with Gasteiger partial charge in [0, 0.05) is 6.26 Å². The molecule has 1 aliphatic carbocycles. The number of hydrogen-bond donors (Lipinski definition) is 0. The molecule has 1 heterocycles. The predicted octanol–water partition coefficient (Wildman–Crippen LogP) is 4.43. The fourth-order valence-electron chi connectivity index (χ4n) is 1.71. The summed E-state index contributed by atoms with van der Waals surface area (Å²) < 4.78 is 36.8. The van der Waals surface area contributed by atoms with Crippen molar-refractivity contribution in [3.63, 3.8) is 0 Å². The van der Waals surface area contributed by atoms with Gasteiger partial charge >= 0.3 is 0 Å². The number of Topliss-reactive ketones (excluding diaryl/α,β-unsaturated/α-hetero) is 1. The number of carbonyl (C=O) groups is 1. The molecule has 0 saturated carbocycles. The molecular weight excluding hydrogens is 367 g/mol. The minimum atomic E-state index is -3.48. The van der Waals surface area contributed by atoms with Crippen LogP contribution in [0.2, 0.25) is 0 Å². The molecule has 0 amide bonds. The van der Waals surface area contributed by atoms with Crippen molar-refractivity contribution in [3.8, 4) is 0 Å². The zero-order valence-corrected chi connectivity index (χ0v) is 15.5. The molecule has 1 unspecified atom stereocenters. The number of ketones is 1. The molecule has 0 aliphatic heterocycles. The van der Waals surface area contributed by atoms with Gasteiger partial charge in [0.05, 0.1) is 9.35 Å². The summed E-state index contributed by atoms with van der Waals surface area (Å²) in [5.74, 6) is -0.705. The molecule has 1 atom stereocenters. The maximum atomic E-state index is 13.3. The highest BCUT2D eigenvalue weighted by Gasteiger charge is 2.35. The Hall–Kier alpha value is -0.270. The minimum Gasteiger partial charge on any atom is -0.291 e. The third-order valence-corrected chi connectivity index (χ3v) is 6.26. The first-order valence-corrected chi connectivity index (χ1v) is 10.0. The maximum absolute atomic E-state index is 13.3. The van der Waals surface area contributed by atoms with Crippen LogP contribution in [0.15, 0.2) is 8.00 Å². The number of hydrogen-bond acceptors (Lipinski definition) is 4. The number of carbonyl (C=O) groups excluding carboxylic acids is 1. The predicted molar refractivity (Wildman–Crippen MR) is 85.4 cm³/mol. The van der Waals surface area contributed by atoms with Crippen molar-refractivity contribution in [2.75, 3.05) is 6.26 Å². The van der Waals surface area contributed by atoms with Crippen LogP contribution < -0.4 is 0 Å². The largest absolute Gasteiger partial charge is 0.291 e. The summed E-state index contributed by atoms with van der Waals surface area (Å²) in [5, 5.41) is 0. The molecule has 0 bridgehead atoms. The van der Waals surface area contributed by atoms with E-state index in [0.717, 1.165) is 17.6 Å². The number of alkyl halides is 1. The molecule has 0 spiro atoms. The first-order valence-electron chi connectivity index (χ1n) is 6.52. The van der Waals surface area contributed by atoms with Gasteiger partial charge in [-0.15, -0.1) is 11.3 Å². The highest BCUT2D eigenvalue weighted by Crippen LogP contribution is 2.40. The van der Waals surface area contributed by atoms with Gasteiger partial charge in [-0.2, -0.15) is 0 Å². The van der Waals surface area contributed by atoms with E-state index in [2.05, 4.69) is 15.9 Å². The molecule has 116 valence electrons. The first kappa shape index (κ1) is 19.7. The van der Waals surface area contributed by atoms with E-state index in [1.807, 2.05) is 27.7 Å². The van der Waals surface area contributed by atoms with Crippen LogP contribution in [0.4, 0.5) is 4.39 Å². The van der Waals surface area contributed by atoms with Crippen molar-refractivity contribution in [1.29, 1.82) is 0 Å². The molecule has 0 N–H and O–H groups in total. The van der Waals surface area contributed by atoms with Crippen molar-refractivity contribution in [2.45, 2.75) is 50.9 Å². The van der Waals surface area contributed by atoms with E-state index in [1.54, 1.807) is 0 Å². The molecule has 2 rings (SSSR count). The highest BCUT2D eigenvalue weighted by molar-refractivity contribution is 9.11. The van der Waals surface area contributed by atoms with Gasteiger partial charge in [-0.05, 0) is 34.3 Å². The molecule has 0 fully saturated rings. The van der Waals surface area contributed by atoms with Crippen LogP contribution >= 0.6 is 27.3 Å². The number of thiophene rings is 1. The lowest BCUT2D eigenvalue weighted by Gasteiger charge is -2.15. The summed E-state index contributed by atoms with van der Waals surface area (Å²) in [7, 11) is -3.48. The summed E-state index contributed by atoms with van der Waals surface area (Å²) in [6.45, 7) is 8.00. The number of sulfone groups is 1. The van der Waals surface area contributed by atoms with Crippen molar-refractivity contribution < 1.29 is 17.6 Å². The Morgan fingerprint density at radius 1 is 1.25 bits per heavy atom. The lowest BCUT2D eigenvalue weighted by atomic mass is 9.93. The molecule has 1 aliphatic rings. The second-order valence-electron chi connectivity index (χ2n) is 3.66. The Morgan fingerprint density at radius 3 is 2.20 bits per heavy atom. The summed E-state index contributed by atoms with van der Waals surface area (Å²) in [6.07, 6.45) is -0.0191. The van der Waals surface area contributed by atoms with Gasteiger partial charge in [-0.25, -0.2) is 12.8 Å².